The second-order valence-corrected chi connectivity index (χ2v) is 5.96. The van der Waals surface area contributed by atoms with Gasteiger partial charge in [-0.3, -0.25) is 0 Å². The lowest BCUT2D eigenvalue weighted by Crippen LogP contribution is -1.95. The molecule has 0 heterocycles. The minimum atomic E-state index is -0.0310. The number of aliphatic hydroxyl groups is 1. The Morgan fingerprint density at radius 3 is 2.68 bits per heavy atom. The van der Waals surface area contributed by atoms with Crippen molar-refractivity contribution >= 4 is 39.7 Å². The SMILES string of the molecule is C=CCOc1cc(C=Cc2ccc(Cl)cc2Br)cc(CO)c1. The summed E-state index contributed by atoms with van der Waals surface area (Å²) in [4.78, 5) is 0. The molecule has 2 rings (SSSR count). The molecule has 0 aromatic heterocycles. The summed E-state index contributed by atoms with van der Waals surface area (Å²) >= 11 is 9.42. The summed E-state index contributed by atoms with van der Waals surface area (Å²) in [7, 11) is 0. The van der Waals surface area contributed by atoms with Gasteiger partial charge in [-0.1, -0.05) is 58.4 Å². The second kappa shape index (κ2) is 8.18. The van der Waals surface area contributed by atoms with E-state index in [1.165, 1.54) is 0 Å². The van der Waals surface area contributed by atoms with Crippen molar-refractivity contribution in [2.45, 2.75) is 6.61 Å². The van der Waals surface area contributed by atoms with Crippen LogP contribution in [0.5, 0.6) is 5.75 Å². The third kappa shape index (κ3) is 4.73. The number of hydrogen-bond acceptors (Lipinski definition) is 2. The van der Waals surface area contributed by atoms with Crippen LogP contribution in [0.15, 0.2) is 53.5 Å². The van der Waals surface area contributed by atoms with Gasteiger partial charge in [-0.25, -0.2) is 0 Å². The predicted octanol–water partition coefficient (Wildman–Crippen LogP) is 5.33. The van der Waals surface area contributed by atoms with Gasteiger partial charge in [0.1, 0.15) is 12.4 Å². The molecule has 0 amide bonds. The first-order valence-corrected chi connectivity index (χ1v) is 7.91. The molecule has 0 spiro atoms. The van der Waals surface area contributed by atoms with E-state index in [-0.39, 0.29) is 6.61 Å². The molecule has 0 atom stereocenters. The Morgan fingerprint density at radius 2 is 2.00 bits per heavy atom. The molecular weight excluding hydrogens is 364 g/mol. The molecule has 0 saturated carbocycles. The van der Waals surface area contributed by atoms with E-state index in [9.17, 15) is 5.11 Å². The minimum absolute atomic E-state index is 0.0310. The van der Waals surface area contributed by atoms with Crippen molar-refractivity contribution in [2.24, 2.45) is 0 Å². The number of benzene rings is 2. The van der Waals surface area contributed by atoms with E-state index >= 15 is 0 Å². The number of hydrogen-bond donors (Lipinski definition) is 1. The van der Waals surface area contributed by atoms with Crippen LogP contribution in [0.1, 0.15) is 16.7 Å². The molecule has 0 bridgehead atoms. The van der Waals surface area contributed by atoms with Crippen molar-refractivity contribution in [3.63, 3.8) is 0 Å². The van der Waals surface area contributed by atoms with Gasteiger partial charge in [-0.15, -0.1) is 0 Å². The Bertz CT molecular complexity index is 695. The van der Waals surface area contributed by atoms with Crippen molar-refractivity contribution in [3.05, 3.63) is 75.2 Å². The predicted molar refractivity (Wildman–Crippen MR) is 96.1 cm³/mol. The average Bonchev–Trinajstić information content (AvgIpc) is 2.52. The number of ether oxygens (including phenoxy) is 1. The maximum absolute atomic E-state index is 9.35. The highest BCUT2D eigenvalue weighted by atomic mass is 79.9. The van der Waals surface area contributed by atoms with E-state index in [2.05, 4.69) is 22.5 Å². The normalized spacial score (nSPS) is 10.9. The molecule has 22 heavy (non-hydrogen) atoms. The molecule has 2 aromatic rings. The molecule has 0 radical (unpaired) electrons. The van der Waals surface area contributed by atoms with Gasteiger partial charge < -0.3 is 9.84 Å². The van der Waals surface area contributed by atoms with E-state index in [0.29, 0.717) is 17.4 Å². The van der Waals surface area contributed by atoms with Gasteiger partial charge in [0.15, 0.2) is 0 Å². The van der Waals surface area contributed by atoms with Crippen LogP contribution in [0.3, 0.4) is 0 Å². The molecule has 1 N–H and O–H groups in total. The van der Waals surface area contributed by atoms with Crippen LogP contribution >= 0.6 is 27.5 Å². The summed E-state index contributed by atoms with van der Waals surface area (Å²) in [6.45, 7) is 4.03. The Morgan fingerprint density at radius 1 is 1.18 bits per heavy atom. The number of aliphatic hydroxyl groups excluding tert-OH is 1. The van der Waals surface area contributed by atoms with E-state index in [1.807, 2.05) is 48.6 Å². The second-order valence-electron chi connectivity index (χ2n) is 4.67. The Hall–Kier alpha value is -1.55. The third-order valence-corrected chi connectivity index (χ3v) is 3.88. The van der Waals surface area contributed by atoms with Gasteiger partial charge in [0, 0.05) is 9.50 Å². The smallest absolute Gasteiger partial charge is 0.120 e. The van der Waals surface area contributed by atoms with Crippen molar-refractivity contribution in [3.8, 4) is 5.75 Å². The topological polar surface area (TPSA) is 29.5 Å². The molecule has 0 saturated heterocycles. The standard InChI is InChI=1S/C18H16BrClO2/c1-2-7-22-17-9-13(8-14(10-17)12-21)3-4-15-5-6-16(20)11-18(15)19/h2-6,8-11,21H,1,7,12H2. The summed E-state index contributed by atoms with van der Waals surface area (Å²) in [5.74, 6) is 0.710. The van der Waals surface area contributed by atoms with Gasteiger partial charge in [-0.05, 0) is 47.0 Å². The van der Waals surface area contributed by atoms with Gasteiger partial charge >= 0.3 is 0 Å². The molecule has 0 fully saturated rings. The summed E-state index contributed by atoms with van der Waals surface area (Å²) in [5, 5.41) is 10.0. The fourth-order valence-corrected chi connectivity index (χ4v) is 2.75. The average molecular weight is 380 g/mol. The number of halogens is 2. The van der Waals surface area contributed by atoms with Gasteiger partial charge in [0.05, 0.1) is 6.61 Å². The minimum Gasteiger partial charge on any atom is -0.490 e. The van der Waals surface area contributed by atoms with Gasteiger partial charge in [0.2, 0.25) is 0 Å². The fourth-order valence-electron chi connectivity index (χ4n) is 1.93. The fraction of sp³-hybridized carbons (Fsp3) is 0.111. The van der Waals surface area contributed by atoms with E-state index in [0.717, 1.165) is 21.2 Å². The Kier molecular flexibility index (Phi) is 6.25. The molecule has 2 aromatic carbocycles. The molecule has 0 aliphatic rings. The largest absolute Gasteiger partial charge is 0.490 e. The van der Waals surface area contributed by atoms with Gasteiger partial charge in [0.25, 0.3) is 0 Å². The van der Waals surface area contributed by atoms with Gasteiger partial charge in [-0.2, -0.15) is 0 Å². The van der Waals surface area contributed by atoms with Crippen LogP contribution in [0.2, 0.25) is 5.02 Å². The summed E-state index contributed by atoms with van der Waals surface area (Å²) in [6, 6.07) is 11.3. The zero-order valence-electron chi connectivity index (χ0n) is 11.9. The lowest BCUT2D eigenvalue weighted by atomic mass is 10.1. The van der Waals surface area contributed by atoms with Crippen LogP contribution in [0, 0.1) is 0 Å². The van der Waals surface area contributed by atoms with E-state index in [1.54, 1.807) is 6.08 Å². The first-order valence-electron chi connectivity index (χ1n) is 6.74. The van der Waals surface area contributed by atoms with Crippen LogP contribution in [0.4, 0.5) is 0 Å². The first-order chi connectivity index (χ1) is 10.6. The molecule has 0 unspecified atom stereocenters. The Balaban J connectivity index is 2.27. The highest BCUT2D eigenvalue weighted by Crippen LogP contribution is 2.24. The van der Waals surface area contributed by atoms with Crippen LogP contribution in [-0.2, 0) is 6.61 Å². The zero-order valence-corrected chi connectivity index (χ0v) is 14.3. The molecule has 2 nitrogen and oxygen atoms in total. The van der Waals surface area contributed by atoms with Crippen molar-refractivity contribution < 1.29 is 9.84 Å². The Labute approximate surface area is 143 Å². The van der Waals surface area contributed by atoms with Crippen molar-refractivity contribution in [2.75, 3.05) is 6.61 Å². The van der Waals surface area contributed by atoms with Crippen LogP contribution in [-0.4, -0.2) is 11.7 Å². The van der Waals surface area contributed by atoms with Crippen molar-refractivity contribution in [1.29, 1.82) is 0 Å². The maximum Gasteiger partial charge on any atom is 0.120 e. The summed E-state index contributed by atoms with van der Waals surface area (Å²) in [5.41, 5.74) is 2.77. The van der Waals surface area contributed by atoms with Crippen molar-refractivity contribution in [1.82, 2.24) is 0 Å². The molecular formula is C18H16BrClO2. The van der Waals surface area contributed by atoms with Crippen LogP contribution in [0.25, 0.3) is 12.2 Å². The lowest BCUT2D eigenvalue weighted by molar-refractivity contribution is 0.280. The maximum atomic E-state index is 9.35. The lowest BCUT2D eigenvalue weighted by Gasteiger charge is -2.07. The molecule has 0 aliphatic carbocycles. The monoisotopic (exact) mass is 378 g/mol. The summed E-state index contributed by atoms with van der Waals surface area (Å²) in [6.07, 6.45) is 5.63. The highest BCUT2D eigenvalue weighted by molar-refractivity contribution is 9.10. The summed E-state index contributed by atoms with van der Waals surface area (Å²) < 4.78 is 6.47. The van der Waals surface area contributed by atoms with E-state index < -0.39 is 0 Å². The third-order valence-electron chi connectivity index (χ3n) is 2.96. The highest BCUT2D eigenvalue weighted by Gasteiger charge is 2.01. The zero-order chi connectivity index (χ0) is 15.9. The van der Waals surface area contributed by atoms with E-state index in [4.69, 9.17) is 16.3 Å². The molecule has 0 aliphatic heterocycles. The molecule has 4 heteroatoms. The van der Waals surface area contributed by atoms with Crippen LogP contribution < -0.4 is 4.74 Å². The first kappa shape index (κ1) is 16.8. The quantitative estimate of drug-likeness (QED) is 0.543. The molecule has 114 valence electrons. The number of rotatable bonds is 6.